The van der Waals surface area contributed by atoms with E-state index in [-0.39, 0.29) is 5.91 Å². The molecule has 0 aromatic carbocycles. The molecule has 0 saturated carbocycles. The Kier molecular flexibility index (Phi) is 5.19. The molecule has 0 aromatic rings. The lowest BCUT2D eigenvalue weighted by Gasteiger charge is -2.27. The zero-order valence-electron chi connectivity index (χ0n) is 7.79. The topological polar surface area (TPSA) is 58.4 Å². The van der Waals surface area contributed by atoms with Gasteiger partial charge in [0, 0.05) is 38.5 Å². The molecule has 4 nitrogen and oxygen atoms in total. The van der Waals surface area contributed by atoms with Crippen LogP contribution in [0.5, 0.6) is 0 Å². The Bertz CT molecular complexity index is 159. The molecule has 0 spiro atoms. The molecule has 3 N–H and O–H groups in total. The van der Waals surface area contributed by atoms with Gasteiger partial charge in [-0.2, -0.15) is 11.8 Å². The van der Waals surface area contributed by atoms with E-state index in [1.54, 1.807) is 11.8 Å². The highest BCUT2D eigenvalue weighted by Crippen LogP contribution is 2.02. The minimum absolute atomic E-state index is 0.250. The first-order valence-corrected chi connectivity index (χ1v) is 5.76. The fourth-order valence-electron chi connectivity index (χ4n) is 1.25. The van der Waals surface area contributed by atoms with Gasteiger partial charge in [-0.05, 0) is 0 Å². The van der Waals surface area contributed by atoms with Gasteiger partial charge in [0.15, 0.2) is 0 Å². The average Bonchev–Trinajstić information content (AvgIpc) is 2.19. The summed E-state index contributed by atoms with van der Waals surface area (Å²) in [5, 5.41) is 3.22. The Morgan fingerprint density at radius 1 is 1.46 bits per heavy atom. The van der Waals surface area contributed by atoms with Crippen molar-refractivity contribution in [1.29, 1.82) is 0 Å². The molecule has 0 bridgehead atoms. The smallest absolute Gasteiger partial charge is 0.232 e. The molecule has 1 saturated heterocycles. The first kappa shape index (κ1) is 10.8. The van der Waals surface area contributed by atoms with Crippen molar-refractivity contribution in [1.82, 2.24) is 10.2 Å². The number of amides is 1. The summed E-state index contributed by atoms with van der Waals surface area (Å²) in [6.07, 6.45) is 0. The standard InChI is InChI=1S/C8H17N3OS/c9-1-6-13-7-8(12)11-4-2-10-3-5-11/h10H,1-7,9H2. The summed E-state index contributed by atoms with van der Waals surface area (Å²) in [6.45, 7) is 4.20. The van der Waals surface area contributed by atoms with Crippen molar-refractivity contribution in [2.75, 3.05) is 44.2 Å². The van der Waals surface area contributed by atoms with Gasteiger partial charge in [-0.1, -0.05) is 0 Å². The van der Waals surface area contributed by atoms with Crippen LogP contribution >= 0.6 is 11.8 Å². The molecule has 0 radical (unpaired) electrons. The third-order valence-corrected chi connectivity index (χ3v) is 2.93. The van der Waals surface area contributed by atoms with E-state index in [0.29, 0.717) is 12.3 Å². The van der Waals surface area contributed by atoms with Crippen molar-refractivity contribution in [3.8, 4) is 0 Å². The second-order valence-electron chi connectivity index (χ2n) is 2.97. The lowest BCUT2D eigenvalue weighted by atomic mass is 10.3. The second kappa shape index (κ2) is 6.23. The van der Waals surface area contributed by atoms with Crippen LogP contribution in [0.15, 0.2) is 0 Å². The zero-order valence-corrected chi connectivity index (χ0v) is 8.61. The van der Waals surface area contributed by atoms with Crippen molar-refractivity contribution in [2.24, 2.45) is 5.73 Å². The van der Waals surface area contributed by atoms with E-state index in [1.807, 2.05) is 4.90 Å². The van der Waals surface area contributed by atoms with E-state index in [2.05, 4.69) is 5.32 Å². The number of piperazine rings is 1. The minimum atomic E-state index is 0.250. The highest BCUT2D eigenvalue weighted by molar-refractivity contribution is 7.99. The van der Waals surface area contributed by atoms with Gasteiger partial charge in [-0.3, -0.25) is 4.79 Å². The maximum Gasteiger partial charge on any atom is 0.232 e. The van der Waals surface area contributed by atoms with E-state index in [4.69, 9.17) is 5.73 Å². The number of nitrogens with two attached hydrogens (primary N) is 1. The minimum Gasteiger partial charge on any atom is -0.339 e. The molecule has 76 valence electrons. The number of nitrogens with one attached hydrogen (secondary N) is 1. The summed E-state index contributed by atoms with van der Waals surface area (Å²) in [7, 11) is 0. The third-order valence-electron chi connectivity index (χ3n) is 1.96. The van der Waals surface area contributed by atoms with Gasteiger partial charge in [-0.15, -0.1) is 0 Å². The predicted octanol–water partition coefficient (Wildman–Crippen LogP) is -0.890. The highest BCUT2D eigenvalue weighted by atomic mass is 32.2. The summed E-state index contributed by atoms with van der Waals surface area (Å²) in [4.78, 5) is 13.4. The van der Waals surface area contributed by atoms with E-state index < -0.39 is 0 Å². The maximum absolute atomic E-state index is 11.5. The molecule has 0 aromatic heterocycles. The van der Waals surface area contributed by atoms with Crippen LogP contribution in [0.3, 0.4) is 0 Å². The highest BCUT2D eigenvalue weighted by Gasteiger charge is 2.15. The van der Waals surface area contributed by atoms with Gasteiger partial charge in [0.2, 0.25) is 5.91 Å². The van der Waals surface area contributed by atoms with E-state index in [9.17, 15) is 4.79 Å². The second-order valence-corrected chi connectivity index (χ2v) is 4.08. The largest absolute Gasteiger partial charge is 0.339 e. The molecular formula is C8H17N3OS. The molecule has 1 amide bonds. The number of carbonyl (C=O) groups is 1. The molecule has 13 heavy (non-hydrogen) atoms. The molecule has 1 fully saturated rings. The summed E-state index contributed by atoms with van der Waals surface area (Å²) in [6, 6.07) is 0. The SMILES string of the molecule is NCCSCC(=O)N1CCNCC1. The van der Waals surface area contributed by atoms with E-state index >= 15 is 0 Å². The molecule has 1 aliphatic heterocycles. The van der Waals surface area contributed by atoms with Gasteiger partial charge in [0.05, 0.1) is 5.75 Å². The number of thioether (sulfide) groups is 1. The van der Waals surface area contributed by atoms with Gasteiger partial charge in [0.25, 0.3) is 0 Å². The fraction of sp³-hybridized carbons (Fsp3) is 0.875. The maximum atomic E-state index is 11.5. The average molecular weight is 203 g/mol. The molecule has 0 aliphatic carbocycles. The van der Waals surface area contributed by atoms with E-state index in [1.165, 1.54) is 0 Å². The van der Waals surface area contributed by atoms with Gasteiger partial charge in [-0.25, -0.2) is 0 Å². The van der Waals surface area contributed by atoms with Crippen LogP contribution in [0.4, 0.5) is 0 Å². The summed E-state index contributed by atoms with van der Waals surface area (Å²) in [5.74, 6) is 1.70. The Morgan fingerprint density at radius 2 is 2.15 bits per heavy atom. The summed E-state index contributed by atoms with van der Waals surface area (Å²) >= 11 is 1.62. The lowest BCUT2D eigenvalue weighted by Crippen LogP contribution is -2.47. The van der Waals surface area contributed by atoms with Crippen molar-refractivity contribution >= 4 is 17.7 Å². The van der Waals surface area contributed by atoms with Gasteiger partial charge in [0.1, 0.15) is 0 Å². The van der Waals surface area contributed by atoms with Crippen LogP contribution in [0.25, 0.3) is 0 Å². The van der Waals surface area contributed by atoms with Crippen molar-refractivity contribution in [3.05, 3.63) is 0 Å². The Morgan fingerprint density at radius 3 is 2.77 bits per heavy atom. The Labute approximate surface area is 83.2 Å². The molecule has 5 heteroatoms. The quantitative estimate of drug-likeness (QED) is 0.582. The molecule has 0 atom stereocenters. The van der Waals surface area contributed by atoms with Crippen molar-refractivity contribution < 1.29 is 4.79 Å². The Hall–Kier alpha value is -0.260. The van der Waals surface area contributed by atoms with E-state index in [0.717, 1.165) is 31.9 Å². The van der Waals surface area contributed by atoms with Crippen LogP contribution in [-0.2, 0) is 4.79 Å². The third kappa shape index (κ3) is 3.97. The number of carbonyl (C=O) groups excluding carboxylic acids is 1. The predicted molar refractivity (Wildman–Crippen MR) is 55.8 cm³/mol. The van der Waals surface area contributed by atoms with Crippen LogP contribution in [0.1, 0.15) is 0 Å². The van der Waals surface area contributed by atoms with Crippen LogP contribution in [-0.4, -0.2) is 55.0 Å². The van der Waals surface area contributed by atoms with Crippen molar-refractivity contribution in [3.63, 3.8) is 0 Å². The fourth-order valence-corrected chi connectivity index (χ4v) is 1.92. The normalized spacial score (nSPS) is 17.5. The molecule has 1 aliphatic rings. The van der Waals surface area contributed by atoms with Gasteiger partial charge >= 0.3 is 0 Å². The zero-order chi connectivity index (χ0) is 9.52. The molecule has 0 unspecified atom stereocenters. The number of nitrogens with zero attached hydrogens (tertiary/aromatic N) is 1. The van der Waals surface area contributed by atoms with Crippen LogP contribution in [0.2, 0.25) is 0 Å². The van der Waals surface area contributed by atoms with Crippen molar-refractivity contribution in [2.45, 2.75) is 0 Å². The summed E-state index contributed by atoms with van der Waals surface area (Å²) in [5.41, 5.74) is 5.34. The molecular weight excluding hydrogens is 186 g/mol. The first-order valence-electron chi connectivity index (χ1n) is 4.61. The van der Waals surface area contributed by atoms with Gasteiger partial charge < -0.3 is 16.0 Å². The monoisotopic (exact) mass is 203 g/mol. The lowest BCUT2D eigenvalue weighted by molar-refractivity contribution is -0.128. The first-order chi connectivity index (χ1) is 6.34. The number of hydrogen-bond donors (Lipinski definition) is 2. The van der Waals surface area contributed by atoms with Crippen LogP contribution in [0, 0.1) is 0 Å². The summed E-state index contributed by atoms with van der Waals surface area (Å²) < 4.78 is 0. The molecule has 1 rings (SSSR count). The van der Waals surface area contributed by atoms with Crippen LogP contribution < -0.4 is 11.1 Å². The molecule has 1 heterocycles. The number of hydrogen-bond acceptors (Lipinski definition) is 4. The Balaban J connectivity index is 2.13. The number of rotatable bonds is 4.